The number of hydrogen-bond acceptors (Lipinski definition) is 5. The zero-order valence-corrected chi connectivity index (χ0v) is 20.8. The van der Waals surface area contributed by atoms with Crippen LogP contribution in [0, 0.1) is 6.92 Å². The minimum atomic E-state index is -4.63. The van der Waals surface area contributed by atoms with Gasteiger partial charge in [-0.25, -0.2) is 9.78 Å². The van der Waals surface area contributed by atoms with Crippen molar-refractivity contribution in [2.24, 2.45) is 5.73 Å². The lowest BCUT2D eigenvalue weighted by molar-refractivity contribution is -0.141. The fraction of sp³-hybridized carbons (Fsp3) is 0.185. The Bertz CT molecular complexity index is 1550. The molecule has 9 nitrogen and oxygen atoms in total. The molecule has 4 aromatic rings. The molecule has 5 N–H and O–H groups in total. The monoisotopic (exact) mass is 535 g/mol. The van der Waals surface area contributed by atoms with Crippen molar-refractivity contribution in [1.82, 2.24) is 20.1 Å². The van der Waals surface area contributed by atoms with Crippen LogP contribution in [0.4, 0.5) is 35.3 Å². The number of nitrogens with zero attached hydrogens (tertiary/aromatic N) is 3. The predicted octanol–water partition coefficient (Wildman–Crippen LogP) is 5.23. The molecule has 0 radical (unpaired) electrons. The largest absolute Gasteiger partial charge is 0.433 e. The van der Waals surface area contributed by atoms with E-state index < -0.39 is 17.8 Å². The molecule has 0 saturated heterocycles. The van der Waals surface area contributed by atoms with Gasteiger partial charge in [0, 0.05) is 24.3 Å². The summed E-state index contributed by atoms with van der Waals surface area (Å²) in [6.45, 7) is 3.14. The number of nitrogens with one attached hydrogen (secondary N) is 3. The number of nitrogens with two attached hydrogens (primary N) is 1. The zero-order chi connectivity index (χ0) is 27.7. The third kappa shape index (κ3) is 5.54. The van der Waals surface area contributed by atoms with Crippen molar-refractivity contribution < 1.29 is 22.8 Å². The molecule has 0 spiro atoms. The lowest BCUT2D eigenvalue weighted by Gasteiger charge is -2.29. The minimum Gasteiger partial charge on any atom is -0.365 e. The summed E-state index contributed by atoms with van der Waals surface area (Å²) in [5.74, 6) is -0.982. The van der Waals surface area contributed by atoms with Crippen LogP contribution in [0.1, 0.15) is 32.7 Å². The Morgan fingerprint density at radius 2 is 1.82 bits per heavy atom. The molecule has 3 amide bonds. The number of carbonyl (C=O) groups is 2. The summed E-state index contributed by atoms with van der Waals surface area (Å²) in [5, 5.41) is 12.3. The van der Waals surface area contributed by atoms with Crippen LogP contribution in [0.15, 0.2) is 60.7 Å². The predicted molar refractivity (Wildman–Crippen MR) is 139 cm³/mol. The van der Waals surface area contributed by atoms with Crippen molar-refractivity contribution in [2.45, 2.75) is 26.1 Å². The van der Waals surface area contributed by atoms with Crippen molar-refractivity contribution in [3.05, 3.63) is 88.6 Å². The lowest BCUT2D eigenvalue weighted by Crippen LogP contribution is -2.38. The number of amides is 3. The van der Waals surface area contributed by atoms with Crippen molar-refractivity contribution in [1.29, 1.82) is 0 Å². The second kappa shape index (κ2) is 10.1. The van der Waals surface area contributed by atoms with Crippen LogP contribution in [0.3, 0.4) is 0 Å². The SMILES string of the molecule is Cc1ccc2c(c1)CN(C(=O)Nc1ccc(-c3n[nH]c(Nc4cccc(C(F)(F)F)n4)c3C(N)=O)cc1)CC2. The molecule has 200 valence electrons. The Hall–Kier alpha value is -4.87. The van der Waals surface area contributed by atoms with E-state index in [0.29, 0.717) is 24.3 Å². The zero-order valence-electron chi connectivity index (χ0n) is 20.8. The Kier molecular flexibility index (Phi) is 6.69. The van der Waals surface area contributed by atoms with Gasteiger partial charge >= 0.3 is 12.2 Å². The molecule has 0 saturated carbocycles. The number of aryl methyl sites for hydroxylation is 1. The number of pyridine rings is 1. The number of H-pyrrole nitrogens is 1. The number of urea groups is 1. The number of primary amides is 1. The number of anilines is 3. The summed E-state index contributed by atoms with van der Waals surface area (Å²) in [7, 11) is 0. The maximum Gasteiger partial charge on any atom is 0.433 e. The van der Waals surface area contributed by atoms with Gasteiger partial charge in [-0.05, 0) is 48.7 Å². The van der Waals surface area contributed by atoms with E-state index in [9.17, 15) is 22.8 Å². The van der Waals surface area contributed by atoms with Gasteiger partial charge in [0.1, 0.15) is 28.6 Å². The molecular weight excluding hydrogens is 511 g/mol. The van der Waals surface area contributed by atoms with Gasteiger partial charge in [-0.3, -0.25) is 9.89 Å². The molecule has 39 heavy (non-hydrogen) atoms. The van der Waals surface area contributed by atoms with Crippen LogP contribution in [0.25, 0.3) is 11.3 Å². The molecule has 2 aromatic carbocycles. The third-order valence-electron chi connectivity index (χ3n) is 6.38. The number of rotatable bonds is 5. The Morgan fingerprint density at radius 3 is 2.54 bits per heavy atom. The van der Waals surface area contributed by atoms with Gasteiger partial charge in [-0.15, -0.1) is 0 Å². The summed E-state index contributed by atoms with van der Waals surface area (Å²) in [6.07, 6.45) is -3.85. The normalized spacial score (nSPS) is 13.1. The van der Waals surface area contributed by atoms with Gasteiger partial charge in [0.2, 0.25) is 0 Å². The minimum absolute atomic E-state index is 0.00215. The number of halogens is 3. The molecule has 0 atom stereocenters. The molecule has 1 aliphatic rings. The van der Waals surface area contributed by atoms with Crippen LogP contribution in [-0.4, -0.2) is 38.6 Å². The third-order valence-corrected chi connectivity index (χ3v) is 6.38. The quantitative estimate of drug-likeness (QED) is 0.278. The maximum atomic E-state index is 13.0. The van der Waals surface area contributed by atoms with E-state index in [2.05, 4.69) is 44.0 Å². The van der Waals surface area contributed by atoms with Crippen LogP contribution >= 0.6 is 0 Å². The Labute approximate surface area is 221 Å². The van der Waals surface area contributed by atoms with Gasteiger partial charge in [0.25, 0.3) is 5.91 Å². The van der Waals surface area contributed by atoms with E-state index >= 15 is 0 Å². The van der Waals surface area contributed by atoms with Gasteiger partial charge < -0.3 is 21.3 Å². The van der Waals surface area contributed by atoms with Crippen LogP contribution < -0.4 is 16.4 Å². The molecule has 0 bridgehead atoms. The highest BCUT2D eigenvalue weighted by atomic mass is 19.4. The lowest BCUT2D eigenvalue weighted by atomic mass is 9.98. The second-order valence-corrected chi connectivity index (χ2v) is 9.17. The Morgan fingerprint density at radius 1 is 1.05 bits per heavy atom. The summed E-state index contributed by atoms with van der Waals surface area (Å²) < 4.78 is 39.1. The highest BCUT2D eigenvalue weighted by Crippen LogP contribution is 2.31. The van der Waals surface area contributed by atoms with Crippen molar-refractivity contribution in [3.63, 3.8) is 0 Å². The van der Waals surface area contributed by atoms with E-state index in [0.717, 1.165) is 23.6 Å². The maximum absolute atomic E-state index is 13.0. The summed E-state index contributed by atoms with van der Waals surface area (Å²) in [4.78, 5) is 30.4. The number of aromatic amines is 1. The number of carbonyl (C=O) groups excluding carboxylic acids is 2. The highest BCUT2D eigenvalue weighted by molar-refractivity contribution is 6.04. The van der Waals surface area contributed by atoms with Crippen molar-refractivity contribution in [3.8, 4) is 11.3 Å². The van der Waals surface area contributed by atoms with E-state index in [4.69, 9.17) is 5.73 Å². The first-order valence-corrected chi connectivity index (χ1v) is 12.0. The molecule has 0 fully saturated rings. The fourth-order valence-corrected chi connectivity index (χ4v) is 4.44. The van der Waals surface area contributed by atoms with Gasteiger partial charge in [-0.1, -0.05) is 42.0 Å². The average molecular weight is 536 g/mol. The van der Waals surface area contributed by atoms with Gasteiger partial charge in [-0.2, -0.15) is 18.3 Å². The number of fused-ring (bicyclic) bond motifs is 1. The fourth-order valence-electron chi connectivity index (χ4n) is 4.44. The summed E-state index contributed by atoms with van der Waals surface area (Å²) >= 11 is 0. The topological polar surface area (TPSA) is 129 Å². The Balaban J connectivity index is 1.31. The summed E-state index contributed by atoms with van der Waals surface area (Å²) in [6, 6.07) is 16.0. The number of hydrogen-bond donors (Lipinski definition) is 4. The first kappa shape index (κ1) is 25.8. The second-order valence-electron chi connectivity index (χ2n) is 9.17. The smallest absolute Gasteiger partial charge is 0.365 e. The molecule has 12 heteroatoms. The van der Waals surface area contributed by atoms with E-state index in [-0.39, 0.29) is 28.9 Å². The molecule has 0 unspecified atom stereocenters. The van der Waals surface area contributed by atoms with Crippen LogP contribution in [0.2, 0.25) is 0 Å². The number of benzene rings is 2. The molecular formula is C27H24F3N7O2. The van der Waals surface area contributed by atoms with Gasteiger partial charge in [0.15, 0.2) is 0 Å². The number of alkyl halides is 3. The van der Waals surface area contributed by atoms with E-state index in [1.165, 1.54) is 17.7 Å². The molecule has 1 aliphatic heterocycles. The molecule has 0 aliphatic carbocycles. The molecule has 3 heterocycles. The highest BCUT2D eigenvalue weighted by Gasteiger charge is 2.32. The van der Waals surface area contributed by atoms with Crippen LogP contribution in [-0.2, 0) is 19.1 Å². The van der Waals surface area contributed by atoms with E-state index in [1.807, 2.05) is 6.92 Å². The first-order valence-electron chi connectivity index (χ1n) is 12.0. The summed E-state index contributed by atoms with van der Waals surface area (Å²) in [5.41, 5.74) is 9.20. The van der Waals surface area contributed by atoms with E-state index in [1.54, 1.807) is 29.2 Å². The number of aromatic nitrogens is 3. The first-order chi connectivity index (χ1) is 18.6. The van der Waals surface area contributed by atoms with Gasteiger partial charge in [0.05, 0.1) is 0 Å². The molecule has 2 aromatic heterocycles. The van der Waals surface area contributed by atoms with Crippen molar-refractivity contribution >= 4 is 29.3 Å². The average Bonchev–Trinajstić information content (AvgIpc) is 3.32. The van der Waals surface area contributed by atoms with Crippen molar-refractivity contribution in [2.75, 3.05) is 17.2 Å². The standard InChI is InChI=1S/C27H24F3N7O2/c1-15-5-6-16-11-12-37(14-18(16)13-15)26(39)32-19-9-7-17(8-10-19)23-22(24(31)38)25(36-35-23)34-21-4-2-3-20(33-21)27(28,29)30/h2-10,13H,11-12,14H2,1H3,(H2,31,38)(H,32,39)(H2,33,34,35,36). The van der Waals surface area contributed by atoms with Crippen LogP contribution in [0.5, 0.6) is 0 Å². The molecule has 5 rings (SSSR count).